The highest BCUT2D eigenvalue weighted by Gasteiger charge is 2.20. The van der Waals surface area contributed by atoms with Crippen molar-refractivity contribution in [3.8, 4) is 11.1 Å². The van der Waals surface area contributed by atoms with Crippen LogP contribution >= 0.6 is 0 Å². The standard InChI is InChI=1S/C15H18N4O2/c1-3-21-15(20)13-6-12(10-7-17-19(2)9-10)11-4-5-16-8-14(11)18-13/h6-7,9,16H,3-5,8H2,1-2H3. The van der Waals surface area contributed by atoms with Crippen molar-refractivity contribution in [3.05, 3.63) is 35.4 Å². The van der Waals surface area contributed by atoms with Crippen LogP contribution in [0.15, 0.2) is 18.5 Å². The summed E-state index contributed by atoms with van der Waals surface area (Å²) in [6, 6.07) is 1.82. The van der Waals surface area contributed by atoms with Crippen LogP contribution in [-0.4, -0.2) is 33.9 Å². The summed E-state index contributed by atoms with van der Waals surface area (Å²) in [5.74, 6) is -0.379. The number of carbonyl (C=O) groups excluding carboxylic acids is 1. The fraction of sp³-hybridized carbons (Fsp3) is 0.400. The molecule has 1 aliphatic rings. The predicted octanol–water partition coefficient (Wildman–Crippen LogP) is 1.30. The van der Waals surface area contributed by atoms with Crippen molar-refractivity contribution in [2.45, 2.75) is 19.9 Å². The number of aryl methyl sites for hydroxylation is 1. The molecular formula is C15H18N4O2. The molecule has 3 heterocycles. The van der Waals surface area contributed by atoms with Gasteiger partial charge in [-0.15, -0.1) is 0 Å². The van der Waals surface area contributed by atoms with E-state index in [1.807, 2.05) is 25.5 Å². The molecule has 21 heavy (non-hydrogen) atoms. The van der Waals surface area contributed by atoms with Gasteiger partial charge in [-0.25, -0.2) is 9.78 Å². The lowest BCUT2D eigenvalue weighted by Crippen LogP contribution is -2.26. The van der Waals surface area contributed by atoms with Gasteiger partial charge in [0.2, 0.25) is 0 Å². The molecule has 1 aliphatic heterocycles. The van der Waals surface area contributed by atoms with Gasteiger partial charge in [0.25, 0.3) is 0 Å². The van der Waals surface area contributed by atoms with Gasteiger partial charge < -0.3 is 10.1 Å². The highest BCUT2D eigenvalue weighted by Crippen LogP contribution is 2.28. The van der Waals surface area contributed by atoms with Gasteiger partial charge in [0.15, 0.2) is 0 Å². The molecule has 0 bridgehead atoms. The molecule has 0 fully saturated rings. The lowest BCUT2D eigenvalue weighted by atomic mass is 9.95. The fourth-order valence-corrected chi connectivity index (χ4v) is 2.60. The molecule has 0 atom stereocenters. The van der Waals surface area contributed by atoms with Crippen LogP contribution in [0.4, 0.5) is 0 Å². The largest absolute Gasteiger partial charge is 0.461 e. The van der Waals surface area contributed by atoms with Crippen molar-refractivity contribution < 1.29 is 9.53 Å². The number of ether oxygens (including phenoxy) is 1. The van der Waals surface area contributed by atoms with E-state index in [0.717, 1.165) is 29.8 Å². The molecule has 6 nitrogen and oxygen atoms in total. The quantitative estimate of drug-likeness (QED) is 0.861. The molecule has 110 valence electrons. The predicted molar refractivity (Wildman–Crippen MR) is 77.8 cm³/mol. The second kappa shape index (κ2) is 5.65. The summed E-state index contributed by atoms with van der Waals surface area (Å²) in [6.45, 7) is 3.73. The van der Waals surface area contributed by atoms with Crippen molar-refractivity contribution >= 4 is 5.97 Å². The molecule has 0 aromatic carbocycles. The van der Waals surface area contributed by atoms with E-state index in [9.17, 15) is 4.79 Å². The summed E-state index contributed by atoms with van der Waals surface area (Å²) in [5.41, 5.74) is 4.50. The van der Waals surface area contributed by atoms with Crippen LogP contribution in [0.5, 0.6) is 0 Å². The third kappa shape index (κ3) is 2.67. The first kappa shape index (κ1) is 13.8. The number of fused-ring (bicyclic) bond motifs is 1. The first-order valence-electron chi connectivity index (χ1n) is 7.08. The van der Waals surface area contributed by atoms with Crippen molar-refractivity contribution in [2.24, 2.45) is 7.05 Å². The Morgan fingerprint density at radius 3 is 3.10 bits per heavy atom. The van der Waals surface area contributed by atoms with Crippen LogP contribution in [0, 0.1) is 0 Å². The smallest absolute Gasteiger partial charge is 0.356 e. The van der Waals surface area contributed by atoms with E-state index in [2.05, 4.69) is 15.4 Å². The lowest BCUT2D eigenvalue weighted by molar-refractivity contribution is 0.0519. The van der Waals surface area contributed by atoms with Crippen molar-refractivity contribution in [3.63, 3.8) is 0 Å². The van der Waals surface area contributed by atoms with E-state index in [0.29, 0.717) is 18.8 Å². The summed E-state index contributed by atoms with van der Waals surface area (Å²) in [4.78, 5) is 16.5. The highest BCUT2D eigenvalue weighted by atomic mass is 16.5. The summed E-state index contributed by atoms with van der Waals surface area (Å²) in [7, 11) is 1.88. The molecule has 0 saturated carbocycles. The Bertz CT molecular complexity index is 678. The third-order valence-electron chi connectivity index (χ3n) is 3.55. The fourth-order valence-electron chi connectivity index (χ4n) is 2.60. The number of hydrogen-bond acceptors (Lipinski definition) is 5. The first-order chi connectivity index (χ1) is 10.2. The molecule has 2 aromatic rings. The normalized spacial score (nSPS) is 13.8. The van der Waals surface area contributed by atoms with Crippen molar-refractivity contribution in [1.29, 1.82) is 0 Å². The average molecular weight is 286 g/mol. The maximum atomic E-state index is 12.0. The second-order valence-corrected chi connectivity index (χ2v) is 5.03. The molecule has 6 heteroatoms. The minimum atomic E-state index is -0.379. The second-order valence-electron chi connectivity index (χ2n) is 5.03. The molecule has 0 saturated heterocycles. The van der Waals surface area contributed by atoms with E-state index in [1.54, 1.807) is 11.6 Å². The first-order valence-corrected chi connectivity index (χ1v) is 7.08. The summed E-state index contributed by atoms with van der Waals surface area (Å²) >= 11 is 0. The summed E-state index contributed by atoms with van der Waals surface area (Å²) in [5, 5.41) is 7.50. The number of nitrogens with one attached hydrogen (secondary N) is 1. The Kier molecular flexibility index (Phi) is 3.70. The molecule has 0 spiro atoms. The summed E-state index contributed by atoms with van der Waals surface area (Å²) in [6.07, 6.45) is 4.66. The molecular weight excluding hydrogens is 268 g/mol. The van der Waals surface area contributed by atoms with E-state index >= 15 is 0 Å². The van der Waals surface area contributed by atoms with Crippen LogP contribution in [0.2, 0.25) is 0 Å². The third-order valence-corrected chi connectivity index (χ3v) is 3.55. The zero-order valence-corrected chi connectivity index (χ0v) is 12.2. The van der Waals surface area contributed by atoms with Crippen LogP contribution in [0.3, 0.4) is 0 Å². The Labute approximate surface area is 123 Å². The Balaban J connectivity index is 2.12. The minimum absolute atomic E-state index is 0.345. The molecule has 2 aromatic heterocycles. The Morgan fingerprint density at radius 2 is 2.38 bits per heavy atom. The maximum absolute atomic E-state index is 12.0. The van der Waals surface area contributed by atoms with Gasteiger partial charge in [-0.05, 0) is 37.1 Å². The number of pyridine rings is 1. The topological polar surface area (TPSA) is 69.0 Å². The zero-order chi connectivity index (χ0) is 14.8. The van der Waals surface area contributed by atoms with Gasteiger partial charge in [-0.3, -0.25) is 4.68 Å². The van der Waals surface area contributed by atoms with E-state index < -0.39 is 0 Å². The molecule has 0 amide bonds. The number of esters is 1. The highest BCUT2D eigenvalue weighted by molar-refractivity contribution is 5.89. The number of carbonyl (C=O) groups is 1. The number of hydrogen-bond donors (Lipinski definition) is 1. The number of nitrogens with zero attached hydrogens (tertiary/aromatic N) is 3. The van der Waals surface area contributed by atoms with Crippen molar-refractivity contribution in [2.75, 3.05) is 13.2 Å². The number of aromatic nitrogens is 3. The van der Waals surface area contributed by atoms with Gasteiger partial charge in [0, 0.05) is 25.4 Å². The summed E-state index contributed by atoms with van der Waals surface area (Å²) < 4.78 is 6.83. The van der Waals surface area contributed by atoms with Gasteiger partial charge in [-0.2, -0.15) is 5.10 Å². The Morgan fingerprint density at radius 1 is 1.52 bits per heavy atom. The van der Waals surface area contributed by atoms with Crippen LogP contribution in [0.1, 0.15) is 28.7 Å². The molecule has 0 radical (unpaired) electrons. The van der Waals surface area contributed by atoms with Crippen molar-refractivity contribution in [1.82, 2.24) is 20.1 Å². The van der Waals surface area contributed by atoms with E-state index in [-0.39, 0.29) is 5.97 Å². The van der Waals surface area contributed by atoms with Crippen LogP contribution in [-0.2, 0) is 24.8 Å². The molecule has 0 unspecified atom stereocenters. The van der Waals surface area contributed by atoms with E-state index in [4.69, 9.17) is 4.74 Å². The maximum Gasteiger partial charge on any atom is 0.356 e. The molecule has 3 rings (SSSR count). The zero-order valence-electron chi connectivity index (χ0n) is 12.2. The average Bonchev–Trinajstić information content (AvgIpc) is 2.93. The van der Waals surface area contributed by atoms with Crippen LogP contribution < -0.4 is 5.32 Å². The van der Waals surface area contributed by atoms with Gasteiger partial charge in [-0.1, -0.05) is 0 Å². The van der Waals surface area contributed by atoms with Gasteiger partial charge in [0.1, 0.15) is 5.69 Å². The van der Waals surface area contributed by atoms with Gasteiger partial charge >= 0.3 is 5.97 Å². The molecule has 0 aliphatic carbocycles. The lowest BCUT2D eigenvalue weighted by Gasteiger charge is -2.20. The number of rotatable bonds is 3. The molecule has 1 N–H and O–H groups in total. The van der Waals surface area contributed by atoms with Gasteiger partial charge in [0.05, 0.1) is 18.5 Å². The van der Waals surface area contributed by atoms with Crippen LogP contribution in [0.25, 0.3) is 11.1 Å². The van der Waals surface area contributed by atoms with E-state index in [1.165, 1.54) is 5.56 Å². The SMILES string of the molecule is CCOC(=O)c1cc(-c2cnn(C)c2)c2c(n1)CNCC2. The monoisotopic (exact) mass is 286 g/mol. The minimum Gasteiger partial charge on any atom is -0.461 e. The Hall–Kier alpha value is -2.21.